The molecule has 1 aromatic rings. The first-order valence-electron chi connectivity index (χ1n) is 5.94. The van der Waals surface area contributed by atoms with Gasteiger partial charge in [0.2, 0.25) is 0 Å². The Morgan fingerprint density at radius 3 is 2.83 bits per heavy atom. The Morgan fingerprint density at radius 2 is 2.22 bits per heavy atom. The molecule has 2 rings (SSSR count). The molecule has 1 aromatic heterocycles. The van der Waals surface area contributed by atoms with Crippen molar-refractivity contribution in [1.29, 1.82) is 0 Å². The van der Waals surface area contributed by atoms with Crippen LogP contribution in [0.15, 0.2) is 12.1 Å². The lowest BCUT2D eigenvalue weighted by Crippen LogP contribution is -2.50. The molecular formula is C12H18N4O2. The Balaban J connectivity index is 2.27. The van der Waals surface area contributed by atoms with Gasteiger partial charge in [0, 0.05) is 25.7 Å². The van der Waals surface area contributed by atoms with E-state index < -0.39 is 5.97 Å². The van der Waals surface area contributed by atoms with E-state index >= 15 is 0 Å². The zero-order chi connectivity index (χ0) is 13.3. The number of carboxylic acids is 1. The summed E-state index contributed by atoms with van der Waals surface area (Å²) in [6.45, 7) is 4.65. The van der Waals surface area contributed by atoms with Gasteiger partial charge >= 0.3 is 5.97 Å². The predicted molar refractivity (Wildman–Crippen MR) is 69.9 cm³/mol. The number of aromatic nitrogens is 1. The van der Waals surface area contributed by atoms with Crippen molar-refractivity contribution in [2.24, 2.45) is 0 Å². The second-order valence-electron chi connectivity index (χ2n) is 4.69. The van der Waals surface area contributed by atoms with Gasteiger partial charge in [-0.1, -0.05) is 0 Å². The number of nitrogens with two attached hydrogens (primary N) is 1. The number of piperazine rings is 1. The molecule has 0 aliphatic carbocycles. The molecule has 1 atom stereocenters. The minimum Gasteiger partial charge on any atom is -0.477 e. The highest BCUT2D eigenvalue weighted by Gasteiger charge is 2.23. The molecule has 0 bridgehead atoms. The highest BCUT2D eigenvalue weighted by atomic mass is 16.4. The molecule has 1 fully saturated rings. The number of hydrogen-bond acceptors (Lipinski definition) is 5. The summed E-state index contributed by atoms with van der Waals surface area (Å²) in [6, 6.07) is 3.43. The summed E-state index contributed by atoms with van der Waals surface area (Å²) in [5.74, 6) is -0.451. The average Bonchev–Trinajstić information content (AvgIpc) is 2.33. The number of hydrogen-bond donors (Lipinski definition) is 2. The van der Waals surface area contributed by atoms with Gasteiger partial charge < -0.3 is 20.6 Å². The standard InChI is InChI=1S/C12H18N4O2/c1-8-7-16(6-5-15(8)2)11-9(13)3-4-10(14-11)12(17)18/h3-4,8H,5-7,13H2,1-2H3,(H,17,18). The van der Waals surface area contributed by atoms with E-state index in [4.69, 9.17) is 10.8 Å². The van der Waals surface area contributed by atoms with Crippen LogP contribution >= 0.6 is 0 Å². The number of nitrogens with zero attached hydrogens (tertiary/aromatic N) is 3. The lowest BCUT2D eigenvalue weighted by molar-refractivity contribution is 0.0690. The van der Waals surface area contributed by atoms with Gasteiger partial charge in [-0.2, -0.15) is 0 Å². The summed E-state index contributed by atoms with van der Waals surface area (Å²) in [5, 5.41) is 8.96. The monoisotopic (exact) mass is 250 g/mol. The smallest absolute Gasteiger partial charge is 0.354 e. The fraction of sp³-hybridized carbons (Fsp3) is 0.500. The number of nitrogen functional groups attached to an aromatic ring is 1. The number of aromatic carboxylic acids is 1. The van der Waals surface area contributed by atoms with Crippen molar-refractivity contribution < 1.29 is 9.90 Å². The predicted octanol–water partition coefficient (Wildman–Crippen LogP) is 0.502. The Hall–Kier alpha value is -1.82. The van der Waals surface area contributed by atoms with Crippen molar-refractivity contribution >= 4 is 17.5 Å². The third kappa shape index (κ3) is 2.38. The van der Waals surface area contributed by atoms with Crippen molar-refractivity contribution in [3.63, 3.8) is 0 Å². The molecule has 1 unspecified atom stereocenters. The number of carboxylic acid groups (broad SMARTS) is 1. The summed E-state index contributed by atoms with van der Waals surface area (Å²) >= 11 is 0. The summed E-state index contributed by atoms with van der Waals surface area (Å²) in [4.78, 5) is 19.4. The molecule has 0 saturated carbocycles. The van der Waals surface area contributed by atoms with E-state index in [9.17, 15) is 4.79 Å². The molecule has 1 aliphatic rings. The second-order valence-corrected chi connectivity index (χ2v) is 4.69. The van der Waals surface area contributed by atoms with E-state index in [2.05, 4.69) is 23.9 Å². The van der Waals surface area contributed by atoms with Crippen LogP contribution in [0, 0.1) is 0 Å². The van der Waals surface area contributed by atoms with Crippen LogP contribution in [0.25, 0.3) is 0 Å². The van der Waals surface area contributed by atoms with E-state index in [0.717, 1.165) is 19.6 Å². The Kier molecular flexibility index (Phi) is 3.38. The van der Waals surface area contributed by atoms with Crippen molar-refractivity contribution in [3.8, 4) is 0 Å². The molecule has 0 aromatic carbocycles. The van der Waals surface area contributed by atoms with Crippen LogP contribution in [-0.4, -0.2) is 53.7 Å². The number of likely N-dealkylation sites (N-methyl/N-ethyl adjacent to an activating group) is 1. The number of pyridine rings is 1. The highest BCUT2D eigenvalue weighted by molar-refractivity contribution is 5.87. The van der Waals surface area contributed by atoms with Crippen LogP contribution in [0.3, 0.4) is 0 Å². The zero-order valence-electron chi connectivity index (χ0n) is 10.6. The summed E-state index contributed by atoms with van der Waals surface area (Å²) < 4.78 is 0. The van der Waals surface area contributed by atoms with Crippen LogP contribution < -0.4 is 10.6 Å². The van der Waals surface area contributed by atoms with E-state index in [1.165, 1.54) is 6.07 Å². The van der Waals surface area contributed by atoms with Crippen molar-refractivity contribution in [3.05, 3.63) is 17.8 Å². The normalized spacial score (nSPS) is 21.0. The average molecular weight is 250 g/mol. The van der Waals surface area contributed by atoms with Gasteiger partial charge in [-0.25, -0.2) is 9.78 Å². The molecule has 18 heavy (non-hydrogen) atoms. The fourth-order valence-electron chi connectivity index (χ4n) is 2.07. The molecule has 2 heterocycles. The van der Waals surface area contributed by atoms with Crippen LogP contribution in [0.5, 0.6) is 0 Å². The fourth-order valence-corrected chi connectivity index (χ4v) is 2.07. The van der Waals surface area contributed by atoms with Crippen LogP contribution in [-0.2, 0) is 0 Å². The number of anilines is 2. The van der Waals surface area contributed by atoms with Crippen molar-refractivity contribution in [1.82, 2.24) is 9.88 Å². The minimum absolute atomic E-state index is 0.0331. The van der Waals surface area contributed by atoms with Gasteiger partial charge in [0.15, 0.2) is 11.5 Å². The molecule has 3 N–H and O–H groups in total. The molecule has 0 spiro atoms. The Morgan fingerprint density at radius 1 is 1.50 bits per heavy atom. The Bertz CT molecular complexity index is 463. The molecule has 0 radical (unpaired) electrons. The topological polar surface area (TPSA) is 82.7 Å². The third-order valence-corrected chi connectivity index (χ3v) is 3.38. The van der Waals surface area contributed by atoms with Crippen molar-refractivity contribution in [2.45, 2.75) is 13.0 Å². The van der Waals surface area contributed by atoms with E-state index in [1.807, 2.05) is 4.90 Å². The molecule has 0 amide bonds. The molecule has 98 valence electrons. The van der Waals surface area contributed by atoms with Gasteiger partial charge in [-0.15, -0.1) is 0 Å². The first-order valence-corrected chi connectivity index (χ1v) is 5.94. The summed E-state index contributed by atoms with van der Waals surface area (Å²) in [5.41, 5.74) is 6.45. The lowest BCUT2D eigenvalue weighted by atomic mass is 10.2. The van der Waals surface area contributed by atoms with Crippen molar-refractivity contribution in [2.75, 3.05) is 37.3 Å². The molecular weight excluding hydrogens is 232 g/mol. The Labute approximate surface area is 106 Å². The molecule has 6 heteroatoms. The van der Waals surface area contributed by atoms with E-state index in [-0.39, 0.29) is 5.69 Å². The second kappa shape index (κ2) is 4.81. The molecule has 1 saturated heterocycles. The quantitative estimate of drug-likeness (QED) is 0.795. The van der Waals surface area contributed by atoms with Crippen LogP contribution in [0.4, 0.5) is 11.5 Å². The number of carbonyl (C=O) groups is 1. The number of rotatable bonds is 2. The maximum absolute atomic E-state index is 10.9. The first-order chi connectivity index (χ1) is 8.49. The summed E-state index contributed by atoms with van der Waals surface area (Å²) in [6.07, 6.45) is 0. The largest absolute Gasteiger partial charge is 0.477 e. The lowest BCUT2D eigenvalue weighted by Gasteiger charge is -2.38. The SMILES string of the molecule is CC1CN(c2nc(C(=O)O)ccc2N)CCN1C. The zero-order valence-corrected chi connectivity index (χ0v) is 10.6. The van der Waals surface area contributed by atoms with Gasteiger partial charge in [0.05, 0.1) is 5.69 Å². The molecule has 6 nitrogen and oxygen atoms in total. The summed E-state index contributed by atoms with van der Waals surface area (Å²) in [7, 11) is 2.08. The first kappa shape index (κ1) is 12.6. The van der Waals surface area contributed by atoms with Gasteiger partial charge in [0.25, 0.3) is 0 Å². The molecule has 1 aliphatic heterocycles. The van der Waals surface area contributed by atoms with Gasteiger partial charge in [0.1, 0.15) is 0 Å². The highest BCUT2D eigenvalue weighted by Crippen LogP contribution is 2.23. The maximum atomic E-state index is 10.9. The van der Waals surface area contributed by atoms with Crippen LogP contribution in [0.1, 0.15) is 17.4 Å². The van der Waals surface area contributed by atoms with Gasteiger partial charge in [-0.3, -0.25) is 0 Å². The van der Waals surface area contributed by atoms with Gasteiger partial charge in [-0.05, 0) is 26.1 Å². The van der Waals surface area contributed by atoms with E-state index in [1.54, 1.807) is 6.07 Å². The van der Waals surface area contributed by atoms with Crippen LogP contribution in [0.2, 0.25) is 0 Å². The maximum Gasteiger partial charge on any atom is 0.354 e. The van der Waals surface area contributed by atoms with E-state index in [0.29, 0.717) is 17.5 Å². The minimum atomic E-state index is -1.03. The third-order valence-electron chi connectivity index (χ3n) is 3.38.